The van der Waals surface area contributed by atoms with Crippen molar-refractivity contribution in [1.82, 2.24) is 5.32 Å². The predicted molar refractivity (Wildman–Crippen MR) is 80.7 cm³/mol. The van der Waals surface area contributed by atoms with Crippen LogP contribution in [0.1, 0.15) is 44.6 Å². The van der Waals surface area contributed by atoms with Crippen LogP contribution in [0.5, 0.6) is 5.75 Å². The van der Waals surface area contributed by atoms with Gasteiger partial charge in [-0.3, -0.25) is 0 Å². The van der Waals surface area contributed by atoms with Gasteiger partial charge >= 0.3 is 0 Å². The third-order valence-electron chi connectivity index (χ3n) is 4.22. The van der Waals surface area contributed by atoms with Crippen molar-refractivity contribution < 1.29 is 4.74 Å². The summed E-state index contributed by atoms with van der Waals surface area (Å²) < 4.78 is 5.18. The molecule has 0 radical (unpaired) electrons. The summed E-state index contributed by atoms with van der Waals surface area (Å²) >= 11 is 0. The Morgan fingerprint density at radius 1 is 1.21 bits per heavy atom. The Kier molecular flexibility index (Phi) is 5.71. The van der Waals surface area contributed by atoms with Crippen LogP contribution in [0.25, 0.3) is 0 Å². The minimum atomic E-state index is 0.551. The van der Waals surface area contributed by atoms with Gasteiger partial charge in [-0.15, -0.1) is 0 Å². The van der Waals surface area contributed by atoms with Crippen LogP contribution in [-0.4, -0.2) is 19.7 Å². The van der Waals surface area contributed by atoms with Crippen molar-refractivity contribution in [2.24, 2.45) is 5.92 Å². The van der Waals surface area contributed by atoms with Gasteiger partial charge < -0.3 is 10.1 Å². The van der Waals surface area contributed by atoms with Crippen molar-refractivity contribution in [3.05, 3.63) is 29.8 Å². The molecule has 1 unspecified atom stereocenters. The molecule has 0 saturated heterocycles. The number of ether oxygens (including phenoxy) is 1. The number of nitrogens with one attached hydrogen (secondary N) is 1. The van der Waals surface area contributed by atoms with Crippen molar-refractivity contribution >= 4 is 0 Å². The van der Waals surface area contributed by atoms with Crippen LogP contribution in [0, 0.1) is 5.92 Å². The molecule has 0 aliphatic heterocycles. The normalized spacial score (nSPS) is 17.6. The highest BCUT2D eigenvalue weighted by Crippen LogP contribution is 2.26. The van der Waals surface area contributed by atoms with E-state index in [0.717, 1.165) is 18.1 Å². The van der Waals surface area contributed by atoms with E-state index in [0.29, 0.717) is 6.04 Å². The first-order chi connectivity index (χ1) is 9.28. The second-order valence-corrected chi connectivity index (χ2v) is 5.85. The molecular formula is C17H27NO. The van der Waals surface area contributed by atoms with Crippen LogP contribution in [0.2, 0.25) is 0 Å². The van der Waals surface area contributed by atoms with Gasteiger partial charge in [-0.25, -0.2) is 0 Å². The Labute approximate surface area is 117 Å². The average Bonchev–Trinajstić information content (AvgIpc) is 2.93. The molecule has 0 spiro atoms. The van der Waals surface area contributed by atoms with Crippen LogP contribution >= 0.6 is 0 Å². The molecule has 1 atom stereocenters. The quantitative estimate of drug-likeness (QED) is 0.806. The molecule has 2 rings (SSSR count). The lowest BCUT2D eigenvalue weighted by Gasteiger charge is -2.16. The van der Waals surface area contributed by atoms with Gasteiger partial charge in [0.2, 0.25) is 0 Å². The fourth-order valence-electron chi connectivity index (χ4n) is 3.02. The van der Waals surface area contributed by atoms with Gasteiger partial charge in [-0.1, -0.05) is 37.8 Å². The molecule has 1 aromatic rings. The first kappa shape index (κ1) is 14.4. The van der Waals surface area contributed by atoms with Crippen molar-refractivity contribution in [1.29, 1.82) is 0 Å². The molecule has 1 aromatic carbocycles. The monoisotopic (exact) mass is 261 g/mol. The maximum Gasteiger partial charge on any atom is 0.118 e. The van der Waals surface area contributed by atoms with E-state index >= 15 is 0 Å². The zero-order valence-corrected chi connectivity index (χ0v) is 12.3. The zero-order chi connectivity index (χ0) is 13.5. The number of methoxy groups -OCH3 is 1. The van der Waals surface area contributed by atoms with Gasteiger partial charge in [0.1, 0.15) is 5.75 Å². The predicted octanol–water partition coefficient (Wildman–Crippen LogP) is 3.80. The van der Waals surface area contributed by atoms with E-state index in [9.17, 15) is 0 Å². The van der Waals surface area contributed by atoms with Gasteiger partial charge in [0.05, 0.1) is 7.11 Å². The Hall–Kier alpha value is -1.02. The van der Waals surface area contributed by atoms with Gasteiger partial charge in [-0.05, 0) is 49.9 Å². The Morgan fingerprint density at radius 3 is 2.53 bits per heavy atom. The first-order valence-electron chi connectivity index (χ1n) is 7.64. The third-order valence-corrected chi connectivity index (χ3v) is 4.22. The Bertz CT molecular complexity index is 354. The molecule has 1 aliphatic carbocycles. The van der Waals surface area contributed by atoms with Crippen molar-refractivity contribution in [3.8, 4) is 5.75 Å². The molecule has 0 aromatic heterocycles. The third kappa shape index (κ3) is 4.87. The van der Waals surface area contributed by atoms with E-state index < -0.39 is 0 Å². The fourth-order valence-corrected chi connectivity index (χ4v) is 3.02. The van der Waals surface area contributed by atoms with Gasteiger partial charge in [0, 0.05) is 6.04 Å². The summed E-state index contributed by atoms with van der Waals surface area (Å²) in [6, 6.07) is 8.96. The number of benzene rings is 1. The summed E-state index contributed by atoms with van der Waals surface area (Å²) in [6.45, 7) is 3.45. The summed E-state index contributed by atoms with van der Waals surface area (Å²) in [7, 11) is 1.71. The first-order valence-corrected chi connectivity index (χ1v) is 7.64. The molecule has 2 heteroatoms. The summed E-state index contributed by atoms with van der Waals surface area (Å²) in [5.41, 5.74) is 1.38. The van der Waals surface area contributed by atoms with Gasteiger partial charge in [0.25, 0.3) is 0 Å². The number of hydrogen-bond donors (Lipinski definition) is 1. The Morgan fingerprint density at radius 2 is 1.89 bits per heavy atom. The lowest BCUT2D eigenvalue weighted by molar-refractivity contribution is 0.414. The highest BCUT2D eigenvalue weighted by Gasteiger charge is 2.14. The molecule has 1 N–H and O–H groups in total. The molecule has 106 valence electrons. The lowest BCUT2D eigenvalue weighted by atomic mass is 10.0. The Balaban J connectivity index is 1.66. The van der Waals surface area contributed by atoms with Crippen molar-refractivity contribution in [3.63, 3.8) is 0 Å². The average molecular weight is 261 g/mol. The smallest absolute Gasteiger partial charge is 0.118 e. The zero-order valence-electron chi connectivity index (χ0n) is 12.3. The molecule has 0 bridgehead atoms. The minimum absolute atomic E-state index is 0.551. The van der Waals surface area contributed by atoms with Gasteiger partial charge in [0.15, 0.2) is 0 Å². The number of hydrogen-bond acceptors (Lipinski definition) is 2. The molecule has 2 nitrogen and oxygen atoms in total. The second-order valence-electron chi connectivity index (χ2n) is 5.85. The van der Waals surface area contributed by atoms with Crippen LogP contribution < -0.4 is 10.1 Å². The van der Waals surface area contributed by atoms with E-state index in [4.69, 9.17) is 4.74 Å². The topological polar surface area (TPSA) is 21.3 Å². The maximum atomic E-state index is 5.18. The fraction of sp³-hybridized carbons (Fsp3) is 0.647. The lowest BCUT2D eigenvalue weighted by Crippen LogP contribution is -2.29. The maximum absolute atomic E-state index is 5.18. The molecular weight excluding hydrogens is 234 g/mol. The van der Waals surface area contributed by atoms with Crippen LogP contribution in [0.4, 0.5) is 0 Å². The van der Waals surface area contributed by atoms with Gasteiger partial charge in [-0.2, -0.15) is 0 Å². The highest BCUT2D eigenvalue weighted by atomic mass is 16.5. The summed E-state index contributed by atoms with van der Waals surface area (Å²) in [5, 5.41) is 3.66. The van der Waals surface area contributed by atoms with Crippen molar-refractivity contribution in [2.45, 2.75) is 51.5 Å². The summed E-state index contributed by atoms with van der Waals surface area (Å²) in [5.74, 6) is 1.92. The standard InChI is InChI=1S/C17H27NO/c1-14(18-12-11-15-5-3-4-6-15)13-16-7-9-17(19-2)10-8-16/h7-10,14-15,18H,3-6,11-13H2,1-2H3. The molecule has 0 amide bonds. The van der Waals surface area contributed by atoms with E-state index in [-0.39, 0.29) is 0 Å². The van der Waals surface area contributed by atoms with Crippen LogP contribution in [-0.2, 0) is 6.42 Å². The molecule has 1 saturated carbocycles. The summed E-state index contributed by atoms with van der Waals surface area (Å²) in [6.07, 6.45) is 8.25. The van der Waals surface area contributed by atoms with Crippen LogP contribution in [0.3, 0.4) is 0 Å². The number of rotatable bonds is 7. The minimum Gasteiger partial charge on any atom is -0.497 e. The van der Waals surface area contributed by atoms with E-state index in [2.05, 4.69) is 24.4 Å². The molecule has 0 heterocycles. The summed E-state index contributed by atoms with van der Waals surface area (Å²) in [4.78, 5) is 0. The van der Waals surface area contributed by atoms with E-state index in [1.54, 1.807) is 7.11 Å². The molecule has 1 aliphatic rings. The van der Waals surface area contributed by atoms with Crippen molar-refractivity contribution in [2.75, 3.05) is 13.7 Å². The largest absolute Gasteiger partial charge is 0.497 e. The molecule has 1 fully saturated rings. The molecule has 19 heavy (non-hydrogen) atoms. The van der Waals surface area contributed by atoms with Crippen LogP contribution in [0.15, 0.2) is 24.3 Å². The van der Waals surface area contributed by atoms with E-state index in [1.807, 2.05) is 12.1 Å². The SMILES string of the molecule is COc1ccc(CC(C)NCCC2CCCC2)cc1. The van der Waals surface area contributed by atoms with E-state index in [1.165, 1.54) is 44.2 Å². The highest BCUT2D eigenvalue weighted by molar-refractivity contribution is 5.27. The second kappa shape index (κ2) is 7.54.